The summed E-state index contributed by atoms with van der Waals surface area (Å²) in [6.07, 6.45) is 7.17. The van der Waals surface area contributed by atoms with Crippen molar-refractivity contribution in [3.05, 3.63) is 71.7 Å². The summed E-state index contributed by atoms with van der Waals surface area (Å²) >= 11 is 0. The lowest BCUT2D eigenvalue weighted by atomic mass is 10.0. The Morgan fingerprint density at radius 1 is 1.04 bits per heavy atom. The Labute approximate surface area is 154 Å². The highest BCUT2D eigenvalue weighted by Crippen LogP contribution is 2.32. The van der Waals surface area contributed by atoms with E-state index >= 15 is 0 Å². The molecule has 4 rings (SSSR count). The van der Waals surface area contributed by atoms with Gasteiger partial charge in [0.15, 0.2) is 0 Å². The number of aryl methyl sites for hydroxylation is 2. The van der Waals surface area contributed by atoms with Gasteiger partial charge in [-0.1, -0.05) is 6.07 Å². The van der Waals surface area contributed by atoms with Gasteiger partial charge in [-0.05, 0) is 73.7 Å². The summed E-state index contributed by atoms with van der Waals surface area (Å²) in [6.45, 7) is 3.55. The summed E-state index contributed by atoms with van der Waals surface area (Å²) in [5.41, 5.74) is 6.69. The molecule has 1 aromatic carbocycles. The molecule has 1 aliphatic rings. The molecule has 1 N–H and O–H groups in total. The number of aromatic nitrogens is 2. The van der Waals surface area contributed by atoms with Crippen molar-refractivity contribution in [3.63, 3.8) is 0 Å². The van der Waals surface area contributed by atoms with Crippen LogP contribution in [0.25, 0.3) is 11.3 Å². The maximum absolute atomic E-state index is 6.06. The van der Waals surface area contributed by atoms with E-state index in [2.05, 4.69) is 40.4 Å². The number of nitrogens with one attached hydrogen (secondary N) is 1. The van der Waals surface area contributed by atoms with Gasteiger partial charge in [-0.3, -0.25) is 9.97 Å². The van der Waals surface area contributed by atoms with Crippen molar-refractivity contribution in [2.45, 2.75) is 32.8 Å². The molecule has 4 nitrogen and oxygen atoms in total. The van der Waals surface area contributed by atoms with Crippen molar-refractivity contribution in [2.24, 2.45) is 0 Å². The van der Waals surface area contributed by atoms with Crippen LogP contribution in [0.15, 0.2) is 54.9 Å². The van der Waals surface area contributed by atoms with Crippen LogP contribution in [0.1, 0.15) is 29.7 Å². The molecule has 0 fully saturated rings. The number of nitrogens with zero attached hydrogens (tertiary/aromatic N) is 2. The van der Waals surface area contributed by atoms with Crippen LogP contribution < -0.4 is 10.1 Å². The standard InChI is InChI=1S/C22H23N3O/c1-16-9-12-23-19(13-16)15-26-21-6-4-11-25-22(21)18-7-8-20-17(14-18)5-2-3-10-24-20/h4,6-9,11-14,24H,2-3,5,10,15H2,1H3. The second-order valence-electron chi connectivity index (χ2n) is 6.72. The third kappa shape index (κ3) is 3.69. The molecule has 3 aromatic rings. The van der Waals surface area contributed by atoms with Crippen molar-refractivity contribution < 1.29 is 4.74 Å². The Morgan fingerprint density at radius 2 is 2.00 bits per heavy atom. The molecule has 0 atom stereocenters. The lowest BCUT2D eigenvalue weighted by molar-refractivity contribution is 0.301. The molecule has 4 heteroatoms. The number of ether oxygens (including phenoxy) is 1. The van der Waals surface area contributed by atoms with Gasteiger partial charge < -0.3 is 10.1 Å². The van der Waals surface area contributed by atoms with E-state index in [1.54, 1.807) is 0 Å². The quantitative estimate of drug-likeness (QED) is 0.739. The SMILES string of the molecule is Cc1ccnc(COc2cccnc2-c2ccc3c(c2)CCCCN3)c1. The highest BCUT2D eigenvalue weighted by molar-refractivity contribution is 5.70. The van der Waals surface area contributed by atoms with E-state index in [9.17, 15) is 0 Å². The zero-order valence-corrected chi connectivity index (χ0v) is 15.0. The molecule has 0 saturated heterocycles. The first-order valence-corrected chi connectivity index (χ1v) is 9.16. The summed E-state index contributed by atoms with van der Waals surface area (Å²) in [4.78, 5) is 8.96. The number of rotatable bonds is 4. The Bertz CT molecular complexity index is 907. The number of fused-ring (bicyclic) bond motifs is 1. The summed E-state index contributed by atoms with van der Waals surface area (Å²) < 4.78 is 6.06. The van der Waals surface area contributed by atoms with E-state index in [-0.39, 0.29) is 0 Å². The van der Waals surface area contributed by atoms with Crippen molar-refractivity contribution in [1.82, 2.24) is 9.97 Å². The molecule has 0 bridgehead atoms. The van der Waals surface area contributed by atoms with Crippen LogP contribution in [0, 0.1) is 6.92 Å². The summed E-state index contributed by atoms with van der Waals surface area (Å²) in [6, 6.07) is 14.4. The van der Waals surface area contributed by atoms with E-state index in [4.69, 9.17) is 4.74 Å². The van der Waals surface area contributed by atoms with Crippen molar-refractivity contribution in [1.29, 1.82) is 0 Å². The monoisotopic (exact) mass is 345 g/mol. The van der Waals surface area contributed by atoms with Crippen LogP contribution in [-0.2, 0) is 13.0 Å². The van der Waals surface area contributed by atoms with Gasteiger partial charge >= 0.3 is 0 Å². The molecule has 26 heavy (non-hydrogen) atoms. The van der Waals surface area contributed by atoms with Gasteiger partial charge in [0.1, 0.15) is 18.1 Å². The summed E-state index contributed by atoms with van der Waals surface area (Å²) in [7, 11) is 0. The number of hydrogen-bond acceptors (Lipinski definition) is 4. The Morgan fingerprint density at radius 3 is 2.92 bits per heavy atom. The summed E-state index contributed by atoms with van der Waals surface area (Å²) in [5, 5.41) is 3.51. The summed E-state index contributed by atoms with van der Waals surface area (Å²) in [5.74, 6) is 0.789. The van der Waals surface area contributed by atoms with Gasteiger partial charge in [-0.2, -0.15) is 0 Å². The first kappa shape index (κ1) is 16.6. The van der Waals surface area contributed by atoms with Crippen molar-refractivity contribution in [2.75, 3.05) is 11.9 Å². The highest BCUT2D eigenvalue weighted by atomic mass is 16.5. The van der Waals surface area contributed by atoms with Crippen molar-refractivity contribution >= 4 is 5.69 Å². The molecule has 132 valence electrons. The van der Waals surface area contributed by atoms with Gasteiger partial charge in [0.05, 0.1) is 5.69 Å². The van der Waals surface area contributed by atoms with Crippen molar-refractivity contribution in [3.8, 4) is 17.0 Å². The average Bonchev–Trinajstić information content (AvgIpc) is 2.91. The fourth-order valence-electron chi connectivity index (χ4n) is 3.34. The second-order valence-corrected chi connectivity index (χ2v) is 6.72. The normalized spacial score (nSPS) is 13.4. The van der Waals surface area contributed by atoms with Crippen LogP contribution in [0.3, 0.4) is 0 Å². The molecule has 2 aromatic heterocycles. The van der Waals surface area contributed by atoms with Crippen LogP contribution in [0.2, 0.25) is 0 Å². The first-order chi connectivity index (χ1) is 12.8. The van der Waals surface area contributed by atoms with Gasteiger partial charge in [0.25, 0.3) is 0 Å². The van der Waals surface area contributed by atoms with E-state index in [0.717, 1.165) is 35.7 Å². The second kappa shape index (κ2) is 7.56. The highest BCUT2D eigenvalue weighted by Gasteiger charge is 2.13. The van der Waals surface area contributed by atoms with E-state index in [1.807, 2.05) is 36.7 Å². The van der Waals surface area contributed by atoms with Crippen LogP contribution in [-0.4, -0.2) is 16.5 Å². The minimum atomic E-state index is 0.437. The maximum atomic E-state index is 6.06. The number of hydrogen-bond donors (Lipinski definition) is 1. The Balaban J connectivity index is 1.60. The number of benzene rings is 1. The minimum absolute atomic E-state index is 0.437. The molecule has 0 saturated carbocycles. The molecule has 0 amide bonds. The lowest BCUT2D eigenvalue weighted by Gasteiger charge is -2.13. The average molecular weight is 345 g/mol. The fraction of sp³-hybridized carbons (Fsp3) is 0.273. The molecule has 0 spiro atoms. The van der Waals surface area contributed by atoms with E-state index in [1.165, 1.54) is 29.7 Å². The van der Waals surface area contributed by atoms with Gasteiger partial charge in [-0.25, -0.2) is 0 Å². The Kier molecular flexibility index (Phi) is 4.82. The predicted octanol–water partition coefficient (Wildman–Crippen LogP) is 4.78. The zero-order chi connectivity index (χ0) is 17.8. The Hall–Kier alpha value is -2.88. The third-order valence-corrected chi connectivity index (χ3v) is 4.69. The van der Waals surface area contributed by atoms with Gasteiger partial charge in [0, 0.05) is 30.2 Å². The van der Waals surface area contributed by atoms with E-state index in [0.29, 0.717) is 6.61 Å². The molecular formula is C22H23N3O. The van der Waals surface area contributed by atoms with Gasteiger partial charge in [0.2, 0.25) is 0 Å². The molecular weight excluding hydrogens is 322 g/mol. The molecule has 0 radical (unpaired) electrons. The molecule has 0 aliphatic carbocycles. The molecule has 0 unspecified atom stereocenters. The lowest BCUT2D eigenvalue weighted by Crippen LogP contribution is -2.01. The minimum Gasteiger partial charge on any atom is -0.485 e. The molecule has 3 heterocycles. The largest absolute Gasteiger partial charge is 0.485 e. The van der Waals surface area contributed by atoms with Crippen LogP contribution in [0.5, 0.6) is 5.75 Å². The number of pyridine rings is 2. The predicted molar refractivity (Wildman–Crippen MR) is 104 cm³/mol. The smallest absolute Gasteiger partial charge is 0.146 e. The van der Waals surface area contributed by atoms with Crippen LogP contribution in [0.4, 0.5) is 5.69 Å². The third-order valence-electron chi connectivity index (χ3n) is 4.69. The van der Waals surface area contributed by atoms with Gasteiger partial charge in [-0.15, -0.1) is 0 Å². The first-order valence-electron chi connectivity index (χ1n) is 9.16. The zero-order valence-electron chi connectivity index (χ0n) is 15.0. The van der Waals surface area contributed by atoms with Crippen LogP contribution >= 0.6 is 0 Å². The topological polar surface area (TPSA) is 47.0 Å². The maximum Gasteiger partial charge on any atom is 0.146 e. The fourth-order valence-corrected chi connectivity index (χ4v) is 3.34. The molecule has 1 aliphatic heterocycles. The number of anilines is 1. The van der Waals surface area contributed by atoms with E-state index < -0.39 is 0 Å².